The third kappa shape index (κ3) is 3.34. The summed E-state index contributed by atoms with van der Waals surface area (Å²) >= 11 is 0. The minimum Gasteiger partial charge on any atom is -0.272 e. The number of nitrogens with one attached hydrogen (secondary N) is 1. The number of hydrogen-bond acceptors (Lipinski definition) is 4. The van der Waals surface area contributed by atoms with E-state index in [0.29, 0.717) is 5.69 Å². The molecule has 0 saturated heterocycles. The maximum Gasteiger partial charge on any atom is 0.294 e. The summed E-state index contributed by atoms with van der Waals surface area (Å²) in [6.45, 7) is 3.95. The minimum absolute atomic E-state index is 0.0375. The average Bonchev–Trinajstić information content (AvgIpc) is 2.27. The van der Waals surface area contributed by atoms with Crippen LogP contribution in [0.2, 0.25) is 0 Å². The third-order valence-corrected chi connectivity index (χ3v) is 2.08. The second kappa shape index (κ2) is 5.85. The van der Waals surface area contributed by atoms with E-state index in [1.54, 1.807) is 18.2 Å². The van der Waals surface area contributed by atoms with Gasteiger partial charge in [-0.3, -0.25) is 15.5 Å². The van der Waals surface area contributed by atoms with Crippen molar-refractivity contribution in [2.75, 3.05) is 5.43 Å². The number of nitro benzene ring substituents is 1. The van der Waals surface area contributed by atoms with Crippen LogP contribution in [0.5, 0.6) is 0 Å². The third-order valence-electron chi connectivity index (χ3n) is 2.08. The Hall–Kier alpha value is -1.91. The van der Waals surface area contributed by atoms with Crippen LogP contribution in [0.15, 0.2) is 29.4 Å². The molecule has 16 heavy (non-hydrogen) atoms. The maximum absolute atomic E-state index is 10.7. The molecule has 1 N–H and O–H groups in total. The van der Waals surface area contributed by atoms with E-state index >= 15 is 0 Å². The number of para-hydroxylation sites is 2. The molecule has 1 rings (SSSR count). The number of nitro groups is 1. The van der Waals surface area contributed by atoms with E-state index in [1.807, 2.05) is 6.92 Å². The molecule has 0 heterocycles. The summed E-state index contributed by atoms with van der Waals surface area (Å²) < 4.78 is 0. The zero-order valence-corrected chi connectivity index (χ0v) is 9.43. The molecule has 5 nitrogen and oxygen atoms in total. The first-order valence-electron chi connectivity index (χ1n) is 5.17. The molecule has 0 fully saturated rings. The van der Waals surface area contributed by atoms with Gasteiger partial charge in [-0.05, 0) is 19.4 Å². The molecule has 0 aliphatic heterocycles. The molecule has 0 spiro atoms. The first-order valence-corrected chi connectivity index (χ1v) is 5.17. The Morgan fingerprint density at radius 3 is 2.81 bits per heavy atom. The van der Waals surface area contributed by atoms with Crippen LogP contribution in [0.3, 0.4) is 0 Å². The van der Waals surface area contributed by atoms with Crippen LogP contribution < -0.4 is 5.43 Å². The predicted octanol–water partition coefficient (Wildman–Crippen LogP) is 3.18. The Morgan fingerprint density at radius 2 is 2.19 bits per heavy atom. The number of hydrogen-bond donors (Lipinski definition) is 1. The lowest BCUT2D eigenvalue weighted by atomic mass is 10.2. The molecule has 1 aromatic rings. The maximum atomic E-state index is 10.7. The van der Waals surface area contributed by atoms with E-state index in [-0.39, 0.29) is 5.69 Å². The highest BCUT2D eigenvalue weighted by Gasteiger charge is 2.10. The van der Waals surface area contributed by atoms with E-state index in [1.165, 1.54) is 6.07 Å². The van der Waals surface area contributed by atoms with Crippen molar-refractivity contribution in [2.45, 2.75) is 26.7 Å². The van der Waals surface area contributed by atoms with Crippen molar-refractivity contribution in [1.82, 2.24) is 0 Å². The van der Waals surface area contributed by atoms with Crippen molar-refractivity contribution in [2.24, 2.45) is 5.10 Å². The lowest BCUT2D eigenvalue weighted by Crippen LogP contribution is -1.99. The van der Waals surface area contributed by atoms with Gasteiger partial charge in [0.05, 0.1) is 4.92 Å². The Bertz CT molecular complexity index is 402. The monoisotopic (exact) mass is 221 g/mol. The van der Waals surface area contributed by atoms with E-state index in [0.717, 1.165) is 18.6 Å². The molecule has 5 heteroatoms. The zero-order chi connectivity index (χ0) is 12.0. The molecule has 0 atom stereocenters. The molecule has 0 aliphatic carbocycles. The van der Waals surface area contributed by atoms with Crippen molar-refractivity contribution >= 4 is 17.1 Å². The quantitative estimate of drug-likeness (QED) is 0.471. The van der Waals surface area contributed by atoms with Gasteiger partial charge >= 0.3 is 0 Å². The highest BCUT2D eigenvalue weighted by molar-refractivity contribution is 5.82. The topological polar surface area (TPSA) is 67.5 Å². The van der Waals surface area contributed by atoms with Gasteiger partial charge in [0.25, 0.3) is 5.69 Å². The van der Waals surface area contributed by atoms with Crippen molar-refractivity contribution in [3.05, 3.63) is 34.4 Å². The Balaban J connectivity index is 2.81. The van der Waals surface area contributed by atoms with Gasteiger partial charge in [0.2, 0.25) is 0 Å². The van der Waals surface area contributed by atoms with Crippen molar-refractivity contribution in [1.29, 1.82) is 0 Å². The predicted molar refractivity (Wildman–Crippen MR) is 64.7 cm³/mol. The molecule has 0 radical (unpaired) electrons. The summed E-state index contributed by atoms with van der Waals surface area (Å²) in [7, 11) is 0. The van der Waals surface area contributed by atoms with Crippen LogP contribution in [-0.2, 0) is 0 Å². The van der Waals surface area contributed by atoms with Crippen molar-refractivity contribution in [3.63, 3.8) is 0 Å². The largest absolute Gasteiger partial charge is 0.294 e. The summed E-state index contributed by atoms with van der Waals surface area (Å²) in [5.41, 5.74) is 4.11. The van der Waals surface area contributed by atoms with E-state index in [9.17, 15) is 10.1 Å². The summed E-state index contributed by atoms with van der Waals surface area (Å²) in [5.74, 6) is 0. The first kappa shape index (κ1) is 12.2. The van der Waals surface area contributed by atoms with Gasteiger partial charge in [-0.15, -0.1) is 0 Å². The van der Waals surface area contributed by atoms with E-state index < -0.39 is 4.92 Å². The van der Waals surface area contributed by atoms with Crippen LogP contribution in [0.4, 0.5) is 11.4 Å². The normalized spacial score (nSPS) is 11.2. The number of rotatable bonds is 5. The van der Waals surface area contributed by atoms with Crippen molar-refractivity contribution < 1.29 is 4.92 Å². The smallest absolute Gasteiger partial charge is 0.272 e. The van der Waals surface area contributed by atoms with Crippen LogP contribution >= 0.6 is 0 Å². The molecular weight excluding hydrogens is 206 g/mol. The fourth-order valence-electron chi connectivity index (χ4n) is 1.30. The molecule has 0 unspecified atom stereocenters. The highest BCUT2D eigenvalue weighted by Crippen LogP contribution is 2.22. The van der Waals surface area contributed by atoms with Crippen LogP contribution in [0, 0.1) is 10.1 Å². The van der Waals surface area contributed by atoms with Gasteiger partial charge < -0.3 is 0 Å². The standard InChI is InChI=1S/C11H15N3O2/c1-3-6-9(2)12-13-10-7-4-5-8-11(10)14(15)16/h4-5,7-8,13H,3,6H2,1-2H3. The summed E-state index contributed by atoms with van der Waals surface area (Å²) in [5, 5.41) is 14.8. The van der Waals surface area contributed by atoms with Crippen LogP contribution in [-0.4, -0.2) is 10.6 Å². The second-order valence-electron chi connectivity index (χ2n) is 3.48. The van der Waals surface area contributed by atoms with Gasteiger partial charge in [0, 0.05) is 11.8 Å². The molecular formula is C11H15N3O2. The van der Waals surface area contributed by atoms with Gasteiger partial charge in [0.15, 0.2) is 0 Å². The number of nitrogens with zero attached hydrogens (tertiary/aromatic N) is 2. The van der Waals surface area contributed by atoms with E-state index in [4.69, 9.17) is 0 Å². The second-order valence-corrected chi connectivity index (χ2v) is 3.48. The van der Waals surface area contributed by atoms with Crippen LogP contribution in [0.25, 0.3) is 0 Å². The van der Waals surface area contributed by atoms with Gasteiger partial charge in [-0.1, -0.05) is 25.5 Å². The summed E-state index contributed by atoms with van der Waals surface area (Å²) in [4.78, 5) is 10.3. The van der Waals surface area contributed by atoms with Crippen molar-refractivity contribution in [3.8, 4) is 0 Å². The molecule has 0 bridgehead atoms. The molecule has 1 aromatic carbocycles. The molecule has 0 aliphatic rings. The SMILES string of the molecule is CCCC(C)=NNc1ccccc1[N+](=O)[O-]. The fraction of sp³-hybridized carbons (Fsp3) is 0.364. The van der Waals surface area contributed by atoms with Gasteiger partial charge in [-0.25, -0.2) is 0 Å². The number of hydrazone groups is 1. The first-order chi connectivity index (χ1) is 7.65. The fourth-order valence-corrected chi connectivity index (χ4v) is 1.30. The summed E-state index contributed by atoms with van der Waals surface area (Å²) in [6, 6.07) is 6.46. The van der Waals surface area contributed by atoms with E-state index in [2.05, 4.69) is 17.5 Å². The number of benzene rings is 1. The Labute approximate surface area is 94.3 Å². The van der Waals surface area contributed by atoms with Gasteiger partial charge in [0.1, 0.15) is 5.69 Å². The molecule has 0 aromatic heterocycles. The van der Waals surface area contributed by atoms with Gasteiger partial charge in [-0.2, -0.15) is 5.10 Å². The minimum atomic E-state index is -0.424. The lowest BCUT2D eigenvalue weighted by Gasteiger charge is -2.03. The Morgan fingerprint density at radius 1 is 1.50 bits per heavy atom. The zero-order valence-electron chi connectivity index (χ0n) is 9.43. The molecule has 86 valence electrons. The van der Waals surface area contributed by atoms with Crippen LogP contribution in [0.1, 0.15) is 26.7 Å². The highest BCUT2D eigenvalue weighted by atomic mass is 16.6. The lowest BCUT2D eigenvalue weighted by molar-refractivity contribution is -0.384. The number of anilines is 1. The Kier molecular flexibility index (Phi) is 4.44. The summed E-state index contributed by atoms with van der Waals surface area (Å²) in [6.07, 6.45) is 1.89. The molecule has 0 saturated carbocycles. The molecule has 0 amide bonds. The average molecular weight is 221 g/mol.